The number of hydrogen-bond donors (Lipinski definition) is 4. The smallest absolute Gasteiger partial charge is 0.236 e. The number of nitrogens with one attached hydrogen (secondary N) is 3. The molecule has 0 amide bonds. The Morgan fingerprint density at radius 3 is 3.31 bits per heavy atom. The van der Waals surface area contributed by atoms with Crippen LogP contribution in [0.4, 0.5) is 11.8 Å². The Balaban J connectivity index is 2.20. The highest BCUT2D eigenvalue weighted by Crippen LogP contribution is 2.11. The number of fused-ring (bicyclic) bond motifs is 1. The van der Waals surface area contributed by atoms with Gasteiger partial charge in [0.25, 0.3) is 0 Å². The molecule has 16 heavy (non-hydrogen) atoms. The van der Waals surface area contributed by atoms with E-state index in [0.29, 0.717) is 25.0 Å². The zero-order valence-electron chi connectivity index (χ0n) is 9.03. The molecule has 1 aliphatic heterocycles. The number of hydroxylamine groups is 1. The number of quaternary nitrogens is 1. The normalized spacial score (nSPS) is 21.3. The summed E-state index contributed by atoms with van der Waals surface area (Å²) in [4.78, 5) is 8.25. The molecule has 1 aliphatic rings. The van der Waals surface area contributed by atoms with E-state index in [1.54, 1.807) is 6.20 Å². The van der Waals surface area contributed by atoms with E-state index >= 15 is 0 Å². The van der Waals surface area contributed by atoms with Crippen LogP contribution in [0.5, 0.6) is 0 Å². The monoisotopic (exact) mass is 225 g/mol. The molecule has 88 valence electrons. The van der Waals surface area contributed by atoms with Crippen LogP contribution in [0.1, 0.15) is 12.5 Å². The molecule has 1 aromatic heterocycles. The van der Waals surface area contributed by atoms with Crippen LogP contribution in [0, 0.1) is 5.21 Å². The fourth-order valence-electron chi connectivity index (χ4n) is 1.51. The SMILES string of the molecule is C[C@H](CO)Nc1ncc2c(n1)[NH+]([O-])CNC2. The second kappa shape index (κ2) is 4.71. The molecule has 0 aliphatic carbocycles. The van der Waals surface area contributed by atoms with E-state index < -0.39 is 0 Å². The first-order valence-corrected chi connectivity index (χ1v) is 5.18. The summed E-state index contributed by atoms with van der Waals surface area (Å²) in [6.07, 6.45) is 1.64. The largest absolute Gasteiger partial charge is 0.627 e. The third kappa shape index (κ3) is 2.27. The van der Waals surface area contributed by atoms with Gasteiger partial charge in [-0.3, -0.25) is 5.32 Å². The van der Waals surface area contributed by atoms with Gasteiger partial charge < -0.3 is 20.7 Å². The van der Waals surface area contributed by atoms with Crippen LogP contribution in [0.25, 0.3) is 0 Å². The molecule has 0 aromatic carbocycles. The number of aliphatic hydroxyl groups is 1. The van der Waals surface area contributed by atoms with Gasteiger partial charge in [0.2, 0.25) is 11.8 Å². The minimum atomic E-state index is -0.130. The number of aromatic nitrogens is 2. The van der Waals surface area contributed by atoms with Crippen molar-refractivity contribution in [3.63, 3.8) is 0 Å². The van der Waals surface area contributed by atoms with Crippen molar-refractivity contribution in [3.05, 3.63) is 17.0 Å². The maximum Gasteiger partial charge on any atom is 0.236 e. The number of nitrogens with zero attached hydrogens (tertiary/aromatic N) is 2. The summed E-state index contributed by atoms with van der Waals surface area (Å²) in [5, 5.41) is 26.3. The predicted octanol–water partition coefficient (Wildman–Crippen LogP) is -1.66. The Hall–Kier alpha value is -1.28. The van der Waals surface area contributed by atoms with E-state index in [2.05, 4.69) is 20.6 Å². The van der Waals surface area contributed by atoms with Gasteiger partial charge in [-0.1, -0.05) is 0 Å². The fraction of sp³-hybridized carbons (Fsp3) is 0.556. The fourth-order valence-corrected chi connectivity index (χ4v) is 1.51. The Labute approximate surface area is 93.1 Å². The third-order valence-corrected chi connectivity index (χ3v) is 2.38. The van der Waals surface area contributed by atoms with Gasteiger partial charge in [0.1, 0.15) is 6.67 Å². The lowest BCUT2D eigenvalue weighted by molar-refractivity contribution is -0.786. The van der Waals surface area contributed by atoms with Crippen LogP contribution < -0.4 is 15.7 Å². The molecule has 0 fully saturated rings. The Morgan fingerprint density at radius 2 is 2.56 bits per heavy atom. The summed E-state index contributed by atoms with van der Waals surface area (Å²) in [5.41, 5.74) is 0.818. The summed E-state index contributed by atoms with van der Waals surface area (Å²) in [6, 6.07) is -0.130. The first-order valence-electron chi connectivity index (χ1n) is 5.18. The third-order valence-electron chi connectivity index (χ3n) is 2.38. The Kier molecular flexibility index (Phi) is 3.30. The van der Waals surface area contributed by atoms with Crippen molar-refractivity contribution in [2.24, 2.45) is 0 Å². The molecule has 0 radical (unpaired) electrons. The zero-order valence-corrected chi connectivity index (χ0v) is 9.03. The lowest BCUT2D eigenvalue weighted by Gasteiger charge is -2.27. The van der Waals surface area contributed by atoms with Crippen molar-refractivity contribution in [2.75, 3.05) is 18.6 Å². The quantitative estimate of drug-likeness (QED) is 0.460. The summed E-state index contributed by atoms with van der Waals surface area (Å²) in [5.74, 6) is 0.858. The lowest BCUT2D eigenvalue weighted by atomic mass is 10.2. The maximum absolute atomic E-state index is 11.6. The second-order valence-corrected chi connectivity index (χ2v) is 3.82. The molecule has 0 bridgehead atoms. The van der Waals surface area contributed by atoms with E-state index in [9.17, 15) is 5.21 Å². The summed E-state index contributed by atoms with van der Waals surface area (Å²) >= 11 is 0. The van der Waals surface area contributed by atoms with Crippen molar-refractivity contribution in [2.45, 2.75) is 19.5 Å². The van der Waals surface area contributed by atoms with E-state index in [1.807, 2.05) is 6.92 Å². The van der Waals surface area contributed by atoms with Gasteiger partial charge in [-0.2, -0.15) is 4.98 Å². The molecule has 4 N–H and O–H groups in total. The van der Waals surface area contributed by atoms with Gasteiger partial charge in [0.05, 0.1) is 12.2 Å². The maximum atomic E-state index is 11.6. The van der Waals surface area contributed by atoms with Crippen LogP contribution in [0.2, 0.25) is 0 Å². The summed E-state index contributed by atoms with van der Waals surface area (Å²) in [7, 11) is 0. The van der Waals surface area contributed by atoms with Gasteiger partial charge in [0.15, 0.2) is 0 Å². The lowest BCUT2D eigenvalue weighted by Crippen LogP contribution is -3.05. The van der Waals surface area contributed by atoms with Crippen molar-refractivity contribution in [1.29, 1.82) is 0 Å². The molecule has 7 heteroatoms. The molecule has 0 spiro atoms. The Bertz CT molecular complexity index is 373. The molecule has 2 heterocycles. The molecule has 0 saturated heterocycles. The number of rotatable bonds is 3. The molecule has 2 rings (SSSR count). The van der Waals surface area contributed by atoms with Crippen LogP contribution in [0.3, 0.4) is 0 Å². The van der Waals surface area contributed by atoms with E-state index in [0.717, 1.165) is 5.56 Å². The molecular formula is C9H15N5O2. The average Bonchev–Trinajstić information content (AvgIpc) is 2.30. The standard InChI is InChI=1S/C9H15N5O2/c1-6(4-15)12-9-11-3-7-2-10-5-14(16)8(7)13-9/h3,6,10,14-15H,2,4-5H2,1H3,(H,11,12,13)/t6-/m1/s1. The first-order chi connectivity index (χ1) is 7.70. The van der Waals surface area contributed by atoms with Gasteiger partial charge >= 0.3 is 0 Å². The first kappa shape index (κ1) is 11.2. The van der Waals surface area contributed by atoms with Crippen LogP contribution in [-0.4, -0.2) is 34.4 Å². The summed E-state index contributed by atoms with van der Waals surface area (Å²) < 4.78 is 0. The van der Waals surface area contributed by atoms with Crippen LogP contribution >= 0.6 is 0 Å². The van der Waals surface area contributed by atoms with Gasteiger partial charge in [-0.25, -0.2) is 4.98 Å². The minimum Gasteiger partial charge on any atom is -0.627 e. The van der Waals surface area contributed by atoms with Crippen LogP contribution in [-0.2, 0) is 6.54 Å². The topological polar surface area (TPSA) is 97.6 Å². The molecule has 2 atom stereocenters. The molecule has 0 saturated carbocycles. The van der Waals surface area contributed by atoms with E-state index in [-0.39, 0.29) is 17.7 Å². The minimum absolute atomic E-state index is 0.00402. The van der Waals surface area contributed by atoms with Crippen molar-refractivity contribution in [3.8, 4) is 0 Å². The molecule has 1 unspecified atom stereocenters. The van der Waals surface area contributed by atoms with Gasteiger partial charge in [-0.05, 0) is 6.92 Å². The van der Waals surface area contributed by atoms with Crippen LogP contribution in [0.15, 0.2) is 6.20 Å². The van der Waals surface area contributed by atoms with Gasteiger partial charge in [-0.15, -0.1) is 0 Å². The predicted molar refractivity (Wildman–Crippen MR) is 57.9 cm³/mol. The number of anilines is 1. The average molecular weight is 225 g/mol. The van der Waals surface area contributed by atoms with E-state index in [1.165, 1.54) is 0 Å². The van der Waals surface area contributed by atoms with Crippen molar-refractivity contribution in [1.82, 2.24) is 15.3 Å². The summed E-state index contributed by atoms with van der Waals surface area (Å²) in [6.45, 7) is 2.75. The zero-order chi connectivity index (χ0) is 11.5. The van der Waals surface area contributed by atoms with Gasteiger partial charge in [0, 0.05) is 18.8 Å². The molecule has 1 aromatic rings. The molecule has 7 nitrogen and oxygen atoms in total. The Morgan fingerprint density at radius 1 is 1.75 bits per heavy atom. The number of hydrogen-bond acceptors (Lipinski definition) is 6. The number of aliphatic hydroxyl groups excluding tert-OH is 1. The highest BCUT2D eigenvalue weighted by atomic mass is 16.5. The highest BCUT2D eigenvalue weighted by Gasteiger charge is 2.18. The van der Waals surface area contributed by atoms with E-state index in [4.69, 9.17) is 5.11 Å². The second-order valence-electron chi connectivity index (χ2n) is 3.82. The molecular weight excluding hydrogens is 210 g/mol. The van der Waals surface area contributed by atoms with Crippen molar-refractivity contribution < 1.29 is 10.2 Å². The highest BCUT2D eigenvalue weighted by molar-refractivity contribution is 5.38. The van der Waals surface area contributed by atoms with Crippen molar-refractivity contribution >= 4 is 11.8 Å².